The lowest BCUT2D eigenvalue weighted by Crippen LogP contribution is -2.29. The van der Waals surface area contributed by atoms with E-state index in [2.05, 4.69) is 18.3 Å². The lowest BCUT2D eigenvalue weighted by Gasteiger charge is -2.18. The van der Waals surface area contributed by atoms with E-state index in [0.717, 1.165) is 36.2 Å². The van der Waals surface area contributed by atoms with Gasteiger partial charge in [-0.15, -0.1) is 0 Å². The van der Waals surface area contributed by atoms with Crippen molar-refractivity contribution in [3.05, 3.63) is 28.3 Å². The lowest BCUT2D eigenvalue weighted by atomic mass is 10.1. The van der Waals surface area contributed by atoms with Crippen LogP contribution in [0.15, 0.2) is 12.1 Å². The van der Waals surface area contributed by atoms with Crippen molar-refractivity contribution in [3.8, 4) is 0 Å². The second kappa shape index (κ2) is 8.15. The summed E-state index contributed by atoms with van der Waals surface area (Å²) in [6.07, 6.45) is 2.65. The lowest BCUT2D eigenvalue weighted by molar-refractivity contribution is -0.129. The summed E-state index contributed by atoms with van der Waals surface area (Å²) in [7, 11) is 1.86. The van der Waals surface area contributed by atoms with Gasteiger partial charge in [-0.1, -0.05) is 31.0 Å². The third kappa shape index (κ3) is 5.04. The Bertz CT molecular complexity index is 437. The molecule has 0 aliphatic heterocycles. The van der Waals surface area contributed by atoms with Crippen molar-refractivity contribution in [1.29, 1.82) is 0 Å². The van der Waals surface area contributed by atoms with Gasteiger partial charge in [-0.3, -0.25) is 4.79 Å². The number of carbonyl (C=O) groups is 1. The van der Waals surface area contributed by atoms with Crippen LogP contribution in [0.25, 0.3) is 0 Å². The molecule has 3 nitrogen and oxygen atoms in total. The average Bonchev–Trinajstić information content (AvgIpc) is 2.38. The molecular weight excluding hydrogens is 272 g/mol. The Morgan fingerprint density at radius 2 is 2.05 bits per heavy atom. The Kier molecular flexibility index (Phi) is 6.86. The predicted molar refractivity (Wildman–Crippen MR) is 86.6 cm³/mol. The van der Waals surface area contributed by atoms with Crippen molar-refractivity contribution in [1.82, 2.24) is 4.90 Å². The highest BCUT2D eigenvalue weighted by atomic mass is 35.5. The van der Waals surface area contributed by atoms with E-state index in [1.54, 1.807) is 4.90 Å². The molecule has 0 heterocycles. The van der Waals surface area contributed by atoms with Crippen LogP contribution in [0.5, 0.6) is 0 Å². The number of hydrogen-bond acceptors (Lipinski definition) is 2. The van der Waals surface area contributed by atoms with Crippen LogP contribution in [-0.2, 0) is 4.79 Å². The van der Waals surface area contributed by atoms with Gasteiger partial charge in [0.1, 0.15) is 0 Å². The summed E-state index contributed by atoms with van der Waals surface area (Å²) < 4.78 is 0. The minimum Gasteiger partial charge on any atom is -0.383 e. The summed E-state index contributed by atoms with van der Waals surface area (Å²) in [5.41, 5.74) is 3.19. The molecular formula is C16H25ClN2O. The number of anilines is 1. The standard InChI is InChI=1S/C16H25ClN2O/c1-5-6-9-19(4)15(20)7-8-18-16-13(3)10-12(2)11-14(16)17/h10-11,18H,5-9H2,1-4H3. The summed E-state index contributed by atoms with van der Waals surface area (Å²) in [6, 6.07) is 4.02. The zero-order chi connectivity index (χ0) is 15.1. The number of hydrogen-bond donors (Lipinski definition) is 1. The normalized spacial score (nSPS) is 10.4. The molecule has 0 unspecified atom stereocenters. The van der Waals surface area contributed by atoms with Gasteiger partial charge in [-0.2, -0.15) is 0 Å². The van der Waals surface area contributed by atoms with Crippen LogP contribution in [0, 0.1) is 13.8 Å². The molecule has 1 rings (SSSR count). The van der Waals surface area contributed by atoms with Crippen molar-refractivity contribution >= 4 is 23.2 Å². The molecule has 0 aliphatic carbocycles. The Morgan fingerprint density at radius 3 is 2.65 bits per heavy atom. The maximum Gasteiger partial charge on any atom is 0.224 e. The Labute approximate surface area is 127 Å². The quantitative estimate of drug-likeness (QED) is 0.824. The van der Waals surface area contributed by atoms with Crippen molar-refractivity contribution in [2.24, 2.45) is 0 Å². The van der Waals surface area contributed by atoms with Crippen LogP contribution in [0.1, 0.15) is 37.3 Å². The zero-order valence-corrected chi connectivity index (χ0v) is 13.7. The van der Waals surface area contributed by atoms with Gasteiger partial charge in [0.15, 0.2) is 0 Å². The third-order valence-electron chi connectivity index (χ3n) is 3.35. The molecule has 0 radical (unpaired) electrons. The topological polar surface area (TPSA) is 32.3 Å². The van der Waals surface area contributed by atoms with Gasteiger partial charge < -0.3 is 10.2 Å². The third-order valence-corrected chi connectivity index (χ3v) is 3.64. The fraction of sp³-hybridized carbons (Fsp3) is 0.562. The van der Waals surface area contributed by atoms with Gasteiger partial charge in [0, 0.05) is 26.6 Å². The molecule has 112 valence electrons. The summed E-state index contributed by atoms with van der Waals surface area (Å²) in [5, 5.41) is 3.99. The summed E-state index contributed by atoms with van der Waals surface area (Å²) in [6.45, 7) is 7.62. The molecule has 20 heavy (non-hydrogen) atoms. The molecule has 0 atom stereocenters. The summed E-state index contributed by atoms with van der Waals surface area (Å²) in [4.78, 5) is 13.7. The van der Waals surface area contributed by atoms with E-state index in [1.165, 1.54) is 0 Å². The van der Waals surface area contributed by atoms with Crippen molar-refractivity contribution in [3.63, 3.8) is 0 Å². The van der Waals surface area contributed by atoms with Crippen LogP contribution < -0.4 is 5.32 Å². The molecule has 0 aliphatic rings. The maximum atomic E-state index is 11.9. The Hall–Kier alpha value is -1.22. The number of nitrogens with zero attached hydrogens (tertiary/aromatic N) is 1. The minimum absolute atomic E-state index is 0.173. The van der Waals surface area contributed by atoms with Crippen molar-refractivity contribution < 1.29 is 4.79 Å². The SMILES string of the molecule is CCCCN(C)C(=O)CCNc1c(C)cc(C)cc1Cl. The Balaban J connectivity index is 2.47. The molecule has 1 N–H and O–H groups in total. The first kappa shape index (κ1) is 16.8. The van der Waals surface area contributed by atoms with E-state index < -0.39 is 0 Å². The van der Waals surface area contributed by atoms with Gasteiger partial charge in [-0.25, -0.2) is 0 Å². The first-order valence-corrected chi connectivity index (χ1v) is 7.58. The summed E-state index contributed by atoms with van der Waals surface area (Å²) >= 11 is 6.22. The van der Waals surface area contributed by atoms with E-state index in [4.69, 9.17) is 11.6 Å². The number of amides is 1. The van der Waals surface area contributed by atoms with Crippen molar-refractivity contribution in [2.75, 3.05) is 25.5 Å². The van der Waals surface area contributed by atoms with E-state index in [1.807, 2.05) is 27.0 Å². The maximum absolute atomic E-state index is 11.9. The van der Waals surface area contributed by atoms with E-state index in [9.17, 15) is 4.79 Å². The molecule has 0 aromatic heterocycles. The molecule has 1 aromatic rings. The smallest absolute Gasteiger partial charge is 0.224 e. The van der Waals surface area contributed by atoms with Gasteiger partial charge in [0.05, 0.1) is 10.7 Å². The molecule has 0 bridgehead atoms. The van der Waals surface area contributed by atoms with Crippen LogP contribution in [0.2, 0.25) is 5.02 Å². The van der Waals surface area contributed by atoms with Gasteiger partial charge in [0.25, 0.3) is 0 Å². The fourth-order valence-corrected chi connectivity index (χ4v) is 2.53. The highest BCUT2D eigenvalue weighted by molar-refractivity contribution is 6.33. The molecule has 0 saturated carbocycles. The van der Waals surface area contributed by atoms with Gasteiger partial charge >= 0.3 is 0 Å². The van der Waals surface area contributed by atoms with Crippen LogP contribution in [-0.4, -0.2) is 30.9 Å². The second-order valence-electron chi connectivity index (χ2n) is 5.28. The molecule has 1 amide bonds. The van der Waals surface area contributed by atoms with Gasteiger partial charge in [0.2, 0.25) is 5.91 Å². The van der Waals surface area contributed by atoms with Crippen LogP contribution >= 0.6 is 11.6 Å². The van der Waals surface area contributed by atoms with E-state index in [0.29, 0.717) is 18.0 Å². The number of aryl methyl sites for hydroxylation is 2. The van der Waals surface area contributed by atoms with Crippen LogP contribution in [0.4, 0.5) is 5.69 Å². The first-order chi connectivity index (χ1) is 9.45. The fourth-order valence-electron chi connectivity index (χ4n) is 2.14. The van der Waals surface area contributed by atoms with Gasteiger partial charge in [-0.05, 0) is 37.5 Å². The number of halogens is 1. The number of benzene rings is 1. The number of unbranched alkanes of at least 4 members (excludes halogenated alkanes) is 1. The highest BCUT2D eigenvalue weighted by Crippen LogP contribution is 2.27. The van der Waals surface area contributed by atoms with E-state index in [-0.39, 0.29) is 5.91 Å². The molecule has 0 saturated heterocycles. The van der Waals surface area contributed by atoms with Crippen molar-refractivity contribution in [2.45, 2.75) is 40.0 Å². The molecule has 0 fully saturated rings. The average molecular weight is 297 g/mol. The summed E-state index contributed by atoms with van der Waals surface area (Å²) in [5.74, 6) is 0.173. The molecule has 0 spiro atoms. The zero-order valence-electron chi connectivity index (χ0n) is 12.9. The Morgan fingerprint density at radius 1 is 1.35 bits per heavy atom. The minimum atomic E-state index is 0.173. The second-order valence-corrected chi connectivity index (χ2v) is 5.69. The number of rotatable bonds is 7. The first-order valence-electron chi connectivity index (χ1n) is 7.20. The molecule has 1 aromatic carbocycles. The number of nitrogens with one attached hydrogen (secondary N) is 1. The highest BCUT2D eigenvalue weighted by Gasteiger charge is 2.09. The largest absolute Gasteiger partial charge is 0.383 e. The monoisotopic (exact) mass is 296 g/mol. The molecule has 4 heteroatoms. The van der Waals surface area contributed by atoms with Crippen LogP contribution in [0.3, 0.4) is 0 Å². The predicted octanol–water partition coefficient (Wildman–Crippen LogP) is 4.02. The van der Waals surface area contributed by atoms with E-state index >= 15 is 0 Å². The number of carbonyl (C=O) groups excluding carboxylic acids is 1.